The number of rotatable bonds is 12. The van der Waals surface area contributed by atoms with E-state index in [-0.39, 0.29) is 29.4 Å². The van der Waals surface area contributed by atoms with Crippen molar-refractivity contribution in [1.82, 2.24) is 9.88 Å². The van der Waals surface area contributed by atoms with Crippen LogP contribution in [0.4, 0.5) is 5.13 Å². The highest BCUT2D eigenvalue weighted by Crippen LogP contribution is 2.32. The first kappa shape index (κ1) is 25.9. The zero-order valence-corrected chi connectivity index (χ0v) is 21.6. The molecular formula is C24H31N3O5S2. The molecule has 0 aliphatic carbocycles. The molecule has 1 aromatic heterocycles. The van der Waals surface area contributed by atoms with Crippen molar-refractivity contribution in [3.8, 4) is 11.5 Å². The Labute approximate surface area is 205 Å². The summed E-state index contributed by atoms with van der Waals surface area (Å²) in [6.07, 6.45) is 1.13. The number of fused-ring (bicyclic) bond motifs is 1. The van der Waals surface area contributed by atoms with E-state index in [1.165, 1.54) is 30.6 Å². The average molecular weight is 506 g/mol. The number of hydrogen-bond donors (Lipinski definition) is 0. The van der Waals surface area contributed by atoms with Gasteiger partial charge in [-0.15, -0.1) is 0 Å². The molecule has 8 nitrogen and oxygen atoms in total. The van der Waals surface area contributed by atoms with Gasteiger partial charge in [0.2, 0.25) is 5.91 Å². The summed E-state index contributed by atoms with van der Waals surface area (Å²) in [5.74, 6) is 1.09. The van der Waals surface area contributed by atoms with Crippen LogP contribution in [0.3, 0.4) is 0 Å². The molecule has 0 spiro atoms. The van der Waals surface area contributed by atoms with E-state index in [1.807, 2.05) is 32.3 Å². The number of nitrogens with zero attached hydrogens (tertiary/aromatic N) is 3. The van der Waals surface area contributed by atoms with Gasteiger partial charge >= 0.3 is 0 Å². The number of amides is 1. The Morgan fingerprint density at radius 1 is 0.971 bits per heavy atom. The van der Waals surface area contributed by atoms with E-state index in [1.54, 1.807) is 24.1 Å². The molecule has 184 valence electrons. The maximum Gasteiger partial charge on any atom is 0.228 e. The molecule has 1 amide bonds. The van der Waals surface area contributed by atoms with Gasteiger partial charge in [-0.3, -0.25) is 9.69 Å². The van der Waals surface area contributed by atoms with Gasteiger partial charge in [-0.2, -0.15) is 0 Å². The van der Waals surface area contributed by atoms with Gasteiger partial charge in [0.25, 0.3) is 0 Å². The second-order valence-corrected chi connectivity index (χ2v) is 11.2. The maximum absolute atomic E-state index is 13.2. The molecule has 0 fully saturated rings. The van der Waals surface area contributed by atoms with Gasteiger partial charge in [0, 0.05) is 13.0 Å². The van der Waals surface area contributed by atoms with Crippen LogP contribution in [0.2, 0.25) is 0 Å². The molecule has 0 unspecified atom stereocenters. The smallest absolute Gasteiger partial charge is 0.228 e. The molecular weight excluding hydrogens is 474 g/mol. The van der Waals surface area contributed by atoms with Gasteiger partial charge in [-0.25, -0.2) is 13.4 Å². The lowest BCUT2D eigenvalue weighted by molar-refractivity contribution is -0.118. The van der Waals surface area contributed by atoms with Crippen molar-refractivity contribution >= 4 is 42.4 Å². The summed E-state index contributed by atoms with van der Waals surface area (Å²) in [6, 6.07) is 11.9. The highest BCUT2D eigenvalue weighted by molar-refractivity contribution is 7.91. The standard InChI is InChI=1S/C24H31N3O5S2/c1-26(2)14-6-15-27(24-25-21-13-10-19(32-4)17-22(21)33-24)23(28)7-5-16-34(29,30)20-11-8-18(31-3)9-12-20/h8-13,17H,5-7,14-16H2,1-4H3. The van der Waals surface area contributed by atoms with Crippen molar-refractivity contribution < 1.29 is 22.7 Å². The first-order chi connectivity index (χ1) is 16.2. The molecule has 0 saturated heterocycles. The van der Waals surface area contributed by atoms with Gasteiger partial charge in [-0.1, -0.05) is 11.3 Å². The van der Waals surface area contributed by atoms with E-state index in [4.69, 9.17) is 9.47 Å². The number of ether oxygens (including phenoxy) is 2. The maximum atomic E-state index is 13.2. The number of aromatic nitrogens is 1. The SMILES string of the molecule is COc1ccc(S(=O)(=O)CCCC(=O)N(CCCN(C)C)c2nc3ccc(OC)cc3s2)cc1. The Hall–Kier alpha value is -2.69. The Morgan fingerprint density at radius 2 is 1.65 bits per heavy atom. The van der Waals surface area contributed by atoms with Crippen molar-refractivity contribution in [1.29, 1.82) is 0 Å². The fraction of sp³-hybridized carbons (Fsp3) is 0.417. The first-order valence-electron chi connectivity index (χ1n) is 11.0. The predicted molar refractivity (Wildman–Crippen MR) is 136 cm³/mol. The summed E-state index contributed by atoms with van der Waals surface area (Å²) < 4.78 is 36.7. The molecule has 0 aliphatic rings. The summed E-state index contributed by atoms with van der Waals surface area (Å²) in [7, 11) is 3.63. The number of benzene rings is 2. The van der Waals surface area contributed by atoms with Crippen LogP contribution in [-0.2, 0) is 14.6 Å². The largest absolute Gasteiger partial charge is 0.497 e. The van der Waals surface area contributed by atoms with E-state index in [0.717, 1.165) is 28.9 Å². The molecule has 0 bridgehead atoms. The topological polar surface area (TPSA) is 89.0 Å². The summed E-state index contributed by atoms with van der Waals surface area (Å²) in [5.41, 5.74) is 0.799. The quantitative estimate of drug-likeness (QED) is 0.369. The van der Waals surface area contributed by atoms with Crippen LogP contribution in [-0.4, -0.2) is 71.4 Å². The summed E-state index contributed by atoms with van der Waals surface area (Å²) >= 11 is 1.43. The van der Waals surface area contributed by atoms with Crippen LogP contribution in [0.1, 0.15) is 19.3 Å². The van der Waals surface area contributed by atoms with Crippen LogP contribution in [0, 0.1) is 0 Å². The molecule has 0 radical (unpaired) electrons. The van der Waals surface area contributed by atoms with Crippen molar-refractivity contribution in [2.75, 3.05) is 52.1 Å². The molecule has 0 N–H and O–H groups in total. The minimum Gasteiger partial charge on any atom is -0.497 e. The Morgan fingerprint density at radius 3 is 2.29 bits per heavy atom. The van der Waals surface area contributed by atoms with E-state index in [9.17, 15) is 13.2 Å². The van der Waals surface area contributed by atoms with Crippen LogP contribution in [0.25, 0.3) is 10.2 Å². The van der Waals surface area contributed by atoms with E-state index in [0.29, 0.717) is 17.4 Å². The van der Waals surface area contributed by atoms with E-state index < -0.39 is 9.84 Å². The molecule has 0 aliphatic heterocycles. The van der Waals surface area contributed by atoms with Gasteiger partial charge in [0.15, 0.2) is 15.0 Å². The van der Waals surface area contributed by atoms with Gasteiger partial charge in [-0.05, 0) is 75.9 Å². The lowest BCUT2D eigenvalue weighted by Crippen LogP contribution is -2.33. The zero-order chi connectivity index (χ0) is 24.7. The van der Waals surface area contributed by atoms with E-state index >= 15 is 0 Å². The minimum absolute atomic E-state index is 0.104. The number of sulfone groups is 1. The third kappa shape index (κ3) is 6.68. The minimum atomic E-state index is -3.49. The highest BCUT2D eigenvalue weighted by Gasteiger charge is 2.21. The number of carbonyl (C=O) groups excluding carboxylic acids is 1. The van der Waals surface area contributed by atoms with Crippen molar-refractivity contribution in [2.24, 2.45) is 0 Å². The molecule has 2 aromatic carbocycles. The summed E-state index contributed by atoms with van der Waals surface area (Å²) in [6.45, 7) is 1.34. The lowest BCUT2D eigenvalue weighted by Gasteiger charge is -2.21. The van der Waals surface area contributed by atoms with Crippen LogP contribution < -0.4 is 14.4 Å². The molecule has 3 aromatic rings. The number of hydrogen-bond acceptors (Lipinski definition) is 8. The molecule has 34 heavy (non-hydrogen) atoms. The Kier molecular flexibility index (Phi) is 8.87. The number of carbonyl (C=O) groups is 1. The fourth-order valence-corrected chi connectivity index (χ4v) is 5.80. The molecule has 10 heteroatoms. The number of thiazole rings is 1. The Bertz CT molecular complexity index is 1210. The number of methoxy groups -OCH3 is 2. The fourth-order valence-electron chi connectivity index (χ4n) is 3.46. The second kappa shape index (κ2) is 11.6. The van der Waals surface area contributed by atoms with Crippen LogP contribution in [0.5, 0.6) is 11.5 Å². The predicted octanol–water partition coefficient (Wildman–Crippen LogP) is 3.85. The third-order valence-corrected chi connectivity index (χ3v) is 8.18. The molecule has 0 saturated carbocycles. The van der Waals surface area contributed by atoms with Crippen LogP contribution in [0.15, 0.2) is 47.4 Å². The molecule has 1 heterocycles. The third-order valence-electron chi connectivity index (χ3n) is 5.33. The summed E-state index contributed by atoms with van der Waals surface area (Å²) in [5, 5.41) is 0.616. The second-order valence-electron chi connectivity index (χ2n) is 8.13. The average Bonchev–Trinajstić information content (AvgIpc) is 3.24. The normalized spacial score (nSPS) is 11.7. The Balaban J connectivity index is 1.71. The lowest BCUT2D eigenvalue weighted by atomic mass is 10.3. The number of anilines is 1. The monoisotopic (exact) mass is 505 g/mol. The molecule has 3 rings (SSSR count). The molecule has 0 atom stereocenters. The van der Waals surface area contributed by atoms with Gasteiger partial charge in [0.1, 0.15) is 11.5 Å². The van der Waals surface area contributed by atoms with Gasteiger partial charge < -0.3 is 14.4 Å². The summed E-state index contributed by atoms with van der Waals surface area (Å²) in [4.78, 5) is 21.8. The van der Waals surface area contributed by atoms with Crippen molar-refractivity contribution in [3.63, 3.8) is 0 Å². The van der Waals surface area contributed by atoms with E-state index in [2.05, 4.69) is 9.88 Å². The van der Waals surface area contributed by atoms with Crippen LogP contribution >= 0.6 is 11.3 Å². The highest BCUT2D eigenvalue weighted by atomic mass is 32.2. The zero-order valence-electron chi connectivity index (χ0n) is 20.0. The van der Waals surface area contributed by atoms with Crippen molar-refractivity contribution in [2.45, 2.75) is 24.2 Å². The van der Waals surface area contributed by atoms with Crippen molar-refractivity contribution in [3.05, 3.63) is 42.5 Å². The van der Waals surface area contributed by atoms with Gasteiger partial charge in [0.05, 0.1) is 35.1 Å². The first-order valence-corrected chi connectivity index (χ1v) is 13.5.